The van der Waals surface area contributed by atoms with Crippen LogP contribution in [0.25, 0.3) is 0 Å². The highest BCUT2D eigenvalue weighted by Gasteiger charge is 2.37. The maximum Gasteiger partial charge on any atom is 0.393 e. The van der Waals surface area contributed by atoms with Gasteiger partial charge in [0.25, 0.3) is 0 Å². The van der Waals surface area contributed by atoms with Crippen LogP contribution < -0.4 is 15.4 Å². The highest BCUT2D eigenvalue weighted by molar-refractivity contribution is 7.89. The number of amides is 2. The molecule has 2 amide bonds. The first-order chi connectivity index (χ1) is 14.1. The number of carbonyl (C=O) groups is 1. The molecule has 7 nitrogen and oxygen atoms in total. The zero-order chi connectivity index (χ0) is 21.9. The molecule has 0 saturated carbocycles. The van der Waals surface area contributed by atoms with Crippen LogP contribution in [0.5, 0.6) is 5.75 Å². The monoisotopic (exact) mass is 443 g/mol. The Morgan fingerprint density at radius 2 is 1.70 bits per heavy atom. The Labute approximate surface area is 171 Å². The van der Waals surface area contributed by atoms with Crippen molar-refractivity contribution < 1.29 is 31.1 Å². The average molecular weight is 443 g/mol. The number of hydrogen-bond donors (Lipinski definition) is 2. The number of anilines is 1. The normalized spacial score (nSPS) is 15.3. The largest absolute Gasteiger partial charge is 0.497 e. The molecule has 0 aliphatic carbocycles. The molecule has 0 unspecified atom stereocenters. The van der Waals surface area contributed by atoms with E-state index in [0.29, 0.717) is 11.4 Å². The van der Waals surface area contributed by atoms with Crippen LogP contribution in [0.15, 0.2) is 53.4 Å². The van der Waals surface area contributed by atoms with Crippen molar-refractivity contribution in [2.75, 3.05) is 25.5 Å². The molecule has 0 atom stereocenters. The highest BCUT2D eigenvalue weighted by Crippen LogP contribution is 2.24. The zero-order valence-corrected chi connectivity index (χ0v) is 16.8. The molecule has 30 heavy (non-hydrogen) atoms. The summed E-state index contributed by atoms with van der Waals surface area (Å²) in [5.74, 6) is 0.542. The first-order valence-electron chi connectivity index (χ1n) is 8.94. The summed E-state index contributed by atoms with van der Waals surface area (Å²) in [7, 11) is -2.18. The third kappa shape index (κ3) is 5.42. The quantitative estimate of drug-likeness (QED) is 0.719. The molecule has 2 N–H and O–H groups in total. The molecule has 0 radical (unpaired) electrons. The molecule has 1 fully saturated rings. The van der Waals surface area contributed by atoms with E-state index in [9.17, 15) is 26.4 Å². The first kappa shape index (κ1) is 21.9. The van der Waals surface area contributed by atoms with Crippen molar-refractivity contribution in [2.45, 2.75) is 23.5 Å². The Morgan fingerprint density at radius 3 is 2.23 bits per heavy atom. The Kier molecular flexibility index (Phi) is 6.22. The van der Waals surface area contributed by atoms with Gasteiger partial charge in [-0.15, -0.1) is 0 Å². The van der Waals surface area contributed by atoms with Crippen molar-refractivity contribution in [1.29, 1.82) is 0 Å². The van der Waals surface area contributed by atoms with Crippen LogP contribution in [-0.2, 0) is 16.4 Å². The lowest BCUT2D eigenvalue weighted by Gasteiger charge is -2.38. The lowest BCUT2D eigenvalue weighted by molar-refractivity contribution is -0.127. The van der Waals surface area contributed by atoms with Gasteiger partial charge in [0.05, 0.1) is 24.5 Å². The van der Waals surface area contributed by atoms with Gasteiger partial charge in [-0.05, 0) is 42.0 Å². The SMILES string of the molecule is COc1ccc(S(=O)(=O)N2CC(NC(=O)Nc3ccc(CC(F)(F)F)cc3)C2)cc1. The lowest BCUT2D eigenvalue weighted by atomic mass is 10.1. The third-order valence-corrected chi connectivity index (χ3v) is 6.34. The van der Waals surface area contributed by atoms with Crippen LogP contribution in [0.4, 0.5) is 23.7 Å². The summed E-state index contributed by atoms with van der Waals surface area (Å²) in [5, 5.41) is 5.15. The van der Waals surface area contributed by atoms with Crippen LogP contribution >= 0.6 is 0 Å². The number of benzene rings is 2. The maximum absolute atomic E-state index is 12.5. The summed E-state index contributed by atoms with van der Waals surface area (Å²) >= 11 is 0. The maximum atomic E-state index is 12.5. The van der Waals surface area contributed by atoms with Gasteiger partial charge >= 0.3 is 12.2 Å². The van der Waals surface area contributed by atoms with E-state index in [2.05, 4.69) is 10.6 Å². The smallest absolute Gasteiger partial charge is 0.393 e. The van der Waals surface area contributed by atoms with Crippen LogP contribution in [-0.4, -0.2) is 51.2 Å². The number of hydrogen-bond acceptors (Lipinski definition) is 4. The summed E-state index contributed by atoms with van der Waals surface area (Å²) in [4.78, 5) is 12.2. The fourth-order valence-corrected chi connectivity index (χ4v) is 4.44. The van der Waals surface area contributed by atoms with Gasteiger partial charge in [-0.1, -0.05) is 12.1 Å². The van der Waals surface area contributed by atoms with E-state index in [1.54, 1.807) is 12.1 Å². The Balaban J connectivity index is 1.49. The molecule has 0 bridgehead atoms. The fourth-order valence-electron chi connectivity index (χ4n) is 2.91. The molecule has 2 aromatic carbocycles. The van der Waals surface area contributed by atoms with Crippen molar-refractivity contribution >= 4 is 21.7 Å². The first-order valence-corrected chi connectivity index (χ1v) is 10.4. The van der Waals surface area contributed by atoms with Gasteiger partial charge in [0, 0.05) is 18.8 Å². The molecule has 1 aliphatic rings. The molecule has 0 spiro atoms. The molecule has 0 aromatic heterocycles. The second-order valence-corrected chi connectivity index (χ2v) is 8.72. The highest BCUT2D eigenvalue weighted by atomic mass is 32.2. The number of methoxy groups -OCH3 is 1. The molecular weight excluding hydrogens is 423 g/mol. The Morgan fingerprint density at radius 1 is 1.10 bits per heavy atom. The fraction of sp³-hybridized carbons (Fsp3) is 0.316. The Bertz CT molecular complexity index is 987. The van der Waals surface area contributed by atoms with Crippen LogP contribution in [0, 0.1) is 0 Å². The zero-order valence-electron chi connectivity index (χ0n) is 15.9. The van der Waals surface area contributed by atoms with Gasteiger partial charge in [0.2, 0.25) is 10.0 Å². The number of halogens is 3. The second kappa shape index (κ2) is 8.52. The van der Waals surface area contributed by atoms with E-state index in [0.717, 1.165) is 0 Å². The minimum atomic E-state index is -4.30. The van der Waals surface area contributed by atoms with Crippen molar-refractivity contribution in [3.8, 4) is 5.75 Å². The van der Waals surface area contributed by atoms with Gasteiger partial charge < -0.3 is 15.4 Å². The summed E-state index contributed by atoms with van der Waals surface area (Å²) in [6.45, 7) is 0.235. The number of sulfonamides is 1. The summed E-state index contributed by atoms with van der Waals surface area (Å²) < 4.78 is 68.4. The Hall–Kier alpha value is -2.79. The summed E-state index contributed by atoms with van der Waals surface area (Å²) in [5.41, 5.74) is 0.423. The molecular formula is C19H20F3N3O4S. The summed E-state index contributed by atoms with van der Waals surface area (Å²) in [6.07, 6.45) is -5.34. The van der Waals surface area contributed by atoms with Gasteiger partial charge in [-0.3, -0.25) is 0 Å². The predicted molar refractivity (Wildman–Crippen MR) is 104 cm³/mol. The van der Waals surface area contributed by atoms with E-state index in [1.165, 1.54) is 47.8 Å². The number of rotatable bonds is 6. The van der Waals surface area contributed by atoms with E-state index < -0.39 is 28.7 Å². The van der Waals surface area contributed by atoms with Crippen LogP contribution in [0.2, 0.25) is 0 Å². The van der Waals surface area contributed by atoms with Crippen LogP contribution in [0.1, 0.15) is 5.56 Å². The van der Waals surface area contributed by atoms with Crippen LogP contribution in [0.3, 0.4) is 0 Å². The van der Waals surface area contributed by atoms with Crippen molar-refractivity contribution in [2.24, 2.45) is 0 Å². The van der Waals surface area contributed by atoms with Gasteiger partial charge in [0.1, 0.15) is 5.75 Å². The van der Waals surface area contributed by atoms with Crippen molar-refractivity contribution in [3.05, 3.63) is 54.1 Å². The number of carbonyl (C=O) groups excluding carboxylic acids is 1. The number of alkyl halides is 3. The van der Waals surface area contributed by atoms with Gasteiger partial charge in [-0.25, -0.2) is 13.2 Å². The van der Waals surface area contributed by atoms with Gasteiger partial charge in [0.15, 0.2) is 0 Å². The minimum absolute atomic E-state index is 0.0897. The van der Waals surface area contributed by atoms with E-state index in [4.69, 9.17) is 4.74 Å². The topological polar surface area (TPSA) is 87.7 Å². The molecule has 11 heteroatoms. The standard InChI is InChI=1S/C19H20F3N3O4S/c1-29-16-6-8-17(9-7-16)30(27,28)25-11-15(12-25)24-18(26)23-14-4-2-13(3-5-14)10-19(20,21)22/h2-9,15H,10-12H2,1H3,(H2,23,24,26). The number of ether oxygens (including phenoxy) is 1. The average Bonchev–Trinajstić information content (AvgIpc) is 2.64. The number of nitrogens with zero attached hydrogens (tertiary/aromatic N) is 1. The second-order valence-electron chi connectivity index (χ2n) is 6.78. The molecule has 1 aliphatic heterocycles. The van der Waals surface area contributed by atoms with E-state index in [-0.39, 0.29) is 29.6 Å². The van der Waals surface area contributed by atoms with Crippen molar-refractivity contribution in [3.63, 3.8) is 0 Å². The third-order valence-electron chi connectivity index (χ3n) is 4.50. The minimum Gasteiger partial charge on any atom is -0.497 e. The van der Waals surface area contributed by atoms with Gasteiger partial charge in [-0.2, -0.15) is 17.5 Å². The molecule has 1 heterocycles. The van der Waals surface area contributed by atoms with Crippen molar-refractivity contribution in [1.82, 2.24) is 9.62 Å². The van der Waals surface area contributed by atoms with E-state index in [1.807, 2.05) is 0 Å². The molecule has 2 aromatic rings. The molecule has 1 saturated heterocycles. The predicted octanol–water partition coefficient (Wildman–Crippen LogP) is 2.99. The summed E-state index contributed by atoms with van der Waals surface area (Å²) in [6, 6.07) is 10.4. The number of urea groups is 1. The van der Waals surface area contributed by atoms with E-state index >= 15 is 0 Å². The molecule has 3 rings (SSSR count). The number of nitrogens with one attached hydrogen (secondary N) is 2. The lowest BCUT2D eigenvalue weighted by Crippen LogP contribution is -2.61. The molecule has 162 valence electrons.